The normalized spacial score (nSPS) is 14.9. The van der Waals surface area contributed by atoms with Gasteiger partial charge in [0.05, 0.1) is 24.5 Å². The van der Waals surface area contributed by atoms with Crippen LogP contribution in [0.1, 0.15) is 17.2 Å². The number of nitrogens with one attached hydrogen (secondary N) is 2. The highest BCUT2D eigenvalue weighted by molar-refractivity contribution is 5.95. The van der Waals surface area contributed by atoms with Crippen LogP contribution in [0.4, 0.5) is 30.5 Å². The minimum absolute atomic E-state index is 0.134. The first kappa shape index (κ1) is 26.3. The second kappa shape index (κ2) is 11.6. The first-order valence-electron chi connectivity index (χ1n) is 12.4. The van der Waals surface area contributed by atoms with Gasteiger partial charge in [0.1, 0.15) is 6.04 Å². The Hall–Kier alpha value is -4.28. The predicted molar refractivity (Wildman–Crippen MR) is 142 cm³/mol. The van der Waals surface area contributed by atoms with E-state index in [9.17, 15) is 18.0 Å². The van der Waals surface area contributed by atoms with Gasteiger partial charge in [-0.1, -0.05) is 48.5 Å². The Bertz CT molecular complexity index is 1410. The summed E-state index contributed by atoms with van der Waals surface area (Å²) in [4.78, 5) is 24.1. The topological polar surface area (TPSA) is 79.4 Å². The fraction of sp³-hybridized carbons (Fsp3) is 0.207. The summed E-state index contributed by atoms with van der Waals surface area (Å²) in [6.07, 6.45) is -2.92. The lowest BCUT2D eigenvalue weighted by Gasteiger charge is -2.33. The number of amides is 1. The molecule has 3 aromatic carbocycles. The Morgan fingerprint density at radius 2 is 1.64 bits per heavy atom. The van der Waals surface area contributed by atoms with E-state index in [-0.39, 0.29) is 17.5 Å². The maximum absolute atomic E-state index is 13.4. The zero-order valence-electron chi connectivity index (χ0n) is 20.9. The quantitative estimate of drug-likeness (QED) is 0.307. The number of nitrogens with zero attached hydrogens (tertiary/aromatic N) is 3. The van der Waals surface area contributed by atoms with Crippen molar-refractivity contribution in [3.8, 4) is 11.3 Å². The Morgan fingerprint density at radius 1 is 0.897 bits per heavy atom. The summed E-state index contributed by atoms with van der Waals surface area (Å²) < 4.78 is 44.6. The van der Waals surface area contributed by atoms with Gasteiger partial charge in [0, 0.05) is 36.2 Å². The SMILES string of the molecule is O=C(Nc1ccc(-c2ccnc(Nc3cccc(C(F)(F)F)c3)n2)cc1)C(c1ccccc1)N1CCOCC1. The van der Waals surface area contributed by atoms with Gasteiger partial charge in [0.2, 0.25) is 11.9 Å². The smallest absolute Gasteiger partial charge is 0.379 e. The molecule has 1 atom stereocenters. The molecule has 1 unspecified atom stereocenters. The number of hydrogen-bond donors (Lipinski definition) is 2. The number of carbonyl (C=O) groups is 1. The number of aromatic nitrogens is 2. The molecule has 1 saturated heterocycles. The number of morpholine rings is 1. The summed E-state index contributed by atoms with van der Waals surface area (Å²) in [7, 11) is 0. The van der Waals surface area contributed by atoms with Crippen molar-refractivity contribution in [3.05, 3.63) is 102 Å². The van der Waals surface area contributed by atoms with Crippen molar-refractivity contribution in [1.29, 1.82) is 0 Å². The van der Waals surface area contributed by atoms with Gasteiger partial charge in [0.25, 0.3) is 0 Å². The third-order valence-electron chi connectivity index (χ3n) is 6.32. The van der Waals surface area contributed by atoms with Crippen LogP contribution in [-0.2, 0) is 15.7 Å². The molecule has 0 saturated carbocycles. The van der Waals surface area contributed by atoms with Gasteiger partial charge in [-0.15, -0.1) is 0 Å². The standard InChI is InChI=1S/C29H26F3N5O2/c30-29(31,32)22-7-4-8-24(19-22)35-28-33-14-13-25(36-28)20-9-11-23(12-10-20)34-27(38)26(21-5-2-1-3-6-21)37-15-17-39-18-16-37/h1-14,19,26H,15-18H2,(H,34,38)(H,33,35,36). The molecule has 4 aromatic rings. The molecular weight excluding hydrogens is 507 g/mol. The van der Waals surface area contributed by atoms with Crippen LogP contribution in [0.25, 0.3) is 11.3 Å². The summed E-state index contributed by atoms with van der Waals surface area (Å²) in [5.74, 6) is 0.0332. The minimum Gasteiger partial charge on any atom is -0.379 e. The average Bonchev–Trinajstić information content (AvgIpc) is 2.95. The van der Waals surface area contributed by atoms with Crippen LogP contribution >= 0.6 is 0 Å². The molecule has 2 heterocycles. The highest BCUT2D eigenvalue weighted by Crippen LogP contribution is 2.31. The molecule has 1 aliphatic heterocycles. The summed E-state index contributed by atoms with van der Waals surface area (Å²) in [6.45, 7) is 2.48. The maximum atomic E-state index is 13.4. The second-order valence-electron chi connectivity index (χ2n) is 9.00. The van der Waals surface area contributed by atoms with E-state index in [1.807, 2.05) is 42.5 Å². The van der Waals surface area contributed by atoms with Gasteiger partial charge in [-0.2, -0.15) is 13.2 Å². The Morgan fingerprint density at radius 3 is 2.36 bits per heavy atom. The lowest BCUT2D eigenvalue weighted by molar-refractivity contribution is -0.137. The molecule has 1 aromatic heterocycles. The third-order valence-corrected chi connectivity index (χ3v) is 6.32. The molecule has 200 valence electrons. The van der Waals surface area contributed by atoms with Crippen LogP contribution in [0.3, 0.4) is 0 Å². The van der Waals surface area contributed by atoms with Crippen molar-refractivity contribution in [1.82, 2.24) is 14.9 Å². The first-order chi connectivity index (χ1) is 18.9. The summed E-state index contributed by atoms with van der Waals surface area (Å²) in [5.41, 5.74) is 2.35. The molecule has 7 nitrogen and oxygen atoms in total. The van der Waals surface area contributed by atoms with Crippen LogP contribution in [0.15, 0.2) is 91.1 Å². The largest absolute Gasteiger partial charge is 0.416 e. The van der Waals surface area contributed by atoms with Gasteiger partial charge < -0.3 is 15.4 Å². The molecule has 39 heavy (non-hydrogen) atoms. The van der Waals surface area contributed by atoms with Crippen LogP contribution in [0.5, 0.6) is 0 Å². The molecule has 1 fully saturated rings. The summed E-state index contributed by atoms with van der Waals surface area (Å²) in [5, 5.41) is 5.85. The Kier molecular flexibility index (Phi) is 7.85. The zero-order valence-corrected chi connectivity index (χ0v) is 20.9. The van der Waals surface area contributed by atoms with E-state index < -0.39 is 17.8 Å². The Labute approximate surface area is 223 Å². The van der Waals surface area contributed by atoms with Gasteiger partial charge >= 0.3 is 6.18 Å². The van der Waals surface area contributed by atoms with Crippen LogP contribution < -0.4 is 10.6 Å². The lowest BCUT2D eigenvalue weighted by atomic mass is 10.0. The number of anilines is 3. The number of rotatable bonds is 7. The highest BCUT2D eigenvalue weighted by atomic mass is 19.4. The van der Waals surface area contributed by atoms with E-state index in [4.69, 9.17) is 4.74 Å². The number of carbonyl (C=O) groups excluding carboxylic acids is 1. The molecule has 2 N–H and O–H groups in total. The van der Waals surface area contributed by atoms with Crippen LogP contribution in [0.2, 0.25) is 0 Å². The highest BCUT2D eigenvalue weighted by Gasteiger charge is 2.31. The Balaban J connectivity index is 1.29. The number of hydrogen-bond acceptors (Lipinski definition) is 6. The first-order valence-corrected chi connectivity index (χ1v) is 12.4. The van der Waals surface area contributed by atoms with Gasteiger partial charge in [-0.25, -0.2) is 9.97 Å². The lowest BCUT2D eigenvalue weighted by Crippen LogP contribution is -2.43. The van der Waals surface area contributed by atoms with E-state index in [0.29, 0.717) is 37.7 Å². The number of halogens is 3. The molecule has 1 aliphatic rings. The fourth-order valence-corrected chi connectivity index (χ4v) is 4.42. The number of alkyl halides is 3. The molecule has 0 aliphatic carbocycles. The number of ether oxygens (including phenoxy) is 1. The average molecular weight is 534 g/mol. The fourth-order valence-electron chi connectivity index (χ4n) is 4.42. The molecule has 1 amide bonds. The van der Waals surface area contributed by atoms with Gasteiger partial charge in [-0.05, 0) is 42.0 Å². The molecule has 0 radical (unpaired) electrons. The van der Waals surface area contributed by atoms with Crippen molar-refractivity contribution < 1.29 is 22.7 Å². The van der Waals surface area contributed by atoms with Crippen molar-refractivity contribution in [2.24, 2.45) is 0 Å². The molecule has 10 heteroatoms. The summed E-state index contributed by atoms with van der Waals surface area (Å²) >= 11 is 0. The predicted octanol–water partition coefficient (Wildman–Crippen LogP) is 5.92. The third kappa shape index (κ3) is 6.60. The molecule has 0 bridgehead atoms. The van der Waals surface area contributed by atoms with Crippen molar-refractivity contribution in [2.75, 3.05) is 36.9 Å². The van der Waals surface area contributed by atoms with Gasteiger partial charge in [-0.3, -0.25) is 9.69 Å². The van der Waals surface area contributed by atoms with E-state index in [0.717, 1.165) is 23.3 Å². The van der Waals surface area contributed by atoms with E-state index in [1.165, 1.54) is 18.3 Å². The second-order valence-corrected chi connectivity index (χ2v) is 9.00. The number of benzene rings is 3. The monoisotopic (exact) mass is 533 g/mol. The van der Waals surface area contributed by atoms with Gasteiger partial charge in [0.15, 0.2) is 0 Å². The van der Waals surface area contributed by atoms with Crippen LogP contribution in [-0.4, -0.2) is 47.1 Å². The van der Waals surface area contributed by atoms with E-state index in [2.05, 4.69) is 25.5 Å². The molecule has 5 rings (SSSR count). The van der Waals surface area contributed by atoms with E-state index >= 15 is 0 Å². The zero-order chi connectivity index (χ0) is 27.2. The minimum atomic E-state index is -4.44. The van der Waals surface area contributed by atoms with Crippen molar-refractivity contribution in [3.63, 3.8) is 0 Å². The molecule has 0 spiro atoms. The maximum Gasteiger partial charge on any atom is 0.416 e. The molecular formula is C29H26F3N5O2. The van der Waals surface area contributed by atoms with Crippen LogP contribution in [0, 0.1) is 0 Å². The van der Waals surface area contributed by atoms with Crippen molar-refractivity contribution in [2.45, 2.75) is 12.2 Å². The summed E-state index contributed by atoms with van der Waals surface area (Å²) in [6, 6.07) is 23.0. The van der Waals surface area contributed by atoms with Crippen molar-refractivity contribution >= 4 is 23.2 Å². The van der Waals surface area contributed by atoms with E-state index in [1.54, 1.807) is 18.2 Å².